The molecule has 0 saturated heterocycles. The van der Waals surface area contributed by atoms with Gasteiger partial charge in [-0.2, -0.15) is 10.2 Å². The number of aromatic hydroxyl groups is 1. The second-order valence-electron chi connectivity index (χ2n) is 6.66. The molecule has 0 amide bonds. The first-order valence-electron chi connectivity index (χ1n) is 8.95. The largest absolute Gasteiger partial charge is 0.494 e. The van der Waals surface area contributed by atoms with Crippen molar-refractivity contribution >= 4 is 34.0 Å². The Morgan fingerprint density at radius 2 is 1.31 bits per heavy atom. The summed E-state index contributed by atoms with van der Waals surface area (Å²) in [6.45, 7) is 0. The van der Waals surface area contributed by atoms with Crippen molar-refractivity contribution in [3.8, 4) is 5.88 Å². The van der Waals surface area contributed by atoms with Crippen molar-refractivity contribution in [2.24, 2.45) is 24.3 Å². The van der Waals surface area contributed by atoms with E-state index < -0.39 is 17.1 Å². The van der Waals surface area contributed by atoms with Crippen LogP contribution in [-0.2, 0) is 14.1 Å². The Morgan fingerprint density at radius 1 is 0.793 bits per heavy atom. The molecule has 29 heavy (non-hydrogen) atoms. The second kappa shape index (κ2) is 7.20. The molecular weight excluding hydrogens is 368 g/mol. The molecule has 0 aliphatic carbocycles. The van der Waals surface area contributed by atoms with E-state index in [0.29, 0.717) is 0 Å². The van der Waals surface area contributed by atoms with Gasteiger partial charge in [0, 0.05) is 19.7 Å². The topological polar surface area (TPSA) is 88.9 Å². The van der Waals surface area contributed by atoms with Crippen molar-refractivity contribution in [2.45, 2.75) is 0 Å². The fraction of sp³-hybridized carbons (Fsp3) is 0.0909. The van der Waals surface area contributed by atoms with Gasteiger partial charge in [0.1, 0.15) is 5.56 Å². The van der Waals surface area contributed by atoms with Crippen LogP contribution in [0.1, 0.15) is 11.1 Å². The van der Waals surface area contributed by atoms with Crippen LogP contribution < -0.4 is 11.2 Å². The maximum Gasteiger partial charge on any atom is 0.333 e. The summed E-state index contributed by atoms with van der Waals surface area (Å²) in [6.07, 6.45) is 2.78. The van der Waals surface area contributed by atoms with Gasteiger partial charge in [0.05, 0.1) is 12.4 Å². The zero-order valence-corrected chi connectivity index (χ0v) is 15.9. The second-order valence-corrected chi connectivity index (χ2v) is 6.66. The van der Waals surface area contributed by atoms with Crippen LogP contribution in [0, 0.1) is 0 Å². The Balaban J connectivity index is 1.81. The third kappa shape index (κ3) is 3.12. The highest BCUT2D eigenvalue weighted by Gasteiger charge is 2.12. The molecule has 4 rings (SSSR count). The molecule has 0 atom stereocenters. The van der Waals surface area contributed by atoms with Crippen molar-refractivity contribution in [1.29, 1.82) is 0 Å². The first kappa shape index (κ1) is 18.4. The van der Waals surface area contributed by atoms with Gasteiger partial charge in [0.2, 0.25) is 5.88 Å². The lowest BCUT2D eigenvalue weighted by Crippen LogP contribution is -2.38. The average molecular weight is 386 g/mol. The minimum absolute atomic E-state index is 0.102. The zero-order chi connectivity index (χ0) is 20.5. The summed E-state index contributed by atoms with van der Waals surface area (Å²) < 4.78 is 1.88. The normalized spacial score (nSPS) is 11.9. The summed E-state index contributed by atoms with van der Waals surface area (Å²) in [5.74, 6) is -0.451. The van der Waals surface area contributed by atoms with E-state index in [4.69, 9.17) is 0 Å². The van der Waals surface area contributed by atoms with Crippen molar-refractivity contribution in [1.82, 2.24) is 9.13 Å². The molecule has 0 saturated carbocycles. The molecule has 1 aromatic heterocycles. The van der Waals surface area contributed by atoms with Crippen molar-refractivity contribution in [2.75, 3.05) is 0 Å². The summed E-state index contributed by atoms with van der Waals surface area (Å²) in [6, 6.07) is 18.1. The average Bonchev–Trinajstić information content (AvgIpc) is 2.75. The van der Waals surface area contributed by atoms with Gasteiger partial charge in [0.25, 0.3) is 5.56 Å². The van der Waals surface area contributed by atoms with Crippen molar-refractivity contribution in [3.63, 3.8) is 0 Å². The highest BCUT2D eigenvalue weighted by Crippen LogP contribution is 2.27. The predicted octanol–water partition coefficient (Wildman–Crippen LogP) is 2.55. The van der Waals surface area contributed by atoms with Gasteiger partial charge in [-0.3, -0.25) is 13.9 Å². The van der Waals surface area contributed by atoms with Gasteiger partial charge in [-0.1, -0.05) is 48.5 Å². The van der Waals surface area contributed by atoms with Crippen LogP contribution in [-0.4, -0.2) is 26.7 Å². The van der Waals surface area contributed by atoms with E-state index in [1.165, 1.54) is 14.1 Å². The molecule has 0 bridgehead atoms. The summed E-state index contributed by atoms with van der Waals surface area (Å²) in [7, 11) is 2.72. The Morgan fingerprint density at radius 3 is 1.90 bits per heavy atom. The molecule has 0 aliphatic rings. The minimum atomic E-state index is -0.639. The van der Waals surface area contributed by atoms with Crippen LogP contribution in [0.15, 0.2) is 74.4 Å². The molecule has 4 aromatic rings. The Kier molecular flexibility index (Phi) is 4.56. The van der Waals surface area contributed by atoms with E-state index >= 15 is 0 Å². The van der Waals surface area contributed by atoms with Crippen LogP contribution in [0.3, 0.4) is 0 Å². The SMILES string of the molecule is Cn1c(O)c(C=N/N=C\c2c3ccccc3cc3ccccc23)c(=O)n(C)c1=O. The standard InChI is InChI=1S/C22H18N4O3/c1-25-20(27)19(21(28)26(2)22(25)29)13-24-23-12-18-16-9-5-3-7-14(16)11-15-8-4-6-10-17(15)18/h3-13,27H,1-2H3/b23-12-,24-13?. The third-order valence-electron chi connectivity index (χ3n) is 4.92. The molecule has 3 aromatic carbocycles. The molecule has 0 unspecified atom stereocenters. The van der Waals surface area contributed by atoms with Crippen LogP contribution in [0.25, 0.3) is 21.5 Å². The fourth-order valence-corrected chi connectivity index (χ4v) is 3.34. The van der Waals surface area contributed by atoms with Crippen LogP contribution >= 0.6 is 0 Å². The lowest BCUT2D eigenvalue weighted by molar-refractivity contribution is 0.410. The fourth-order valence-electron chi connectivity index (χ4n) is 3.34. The van der Waals surface area contributed by atoms with Crippen LogP contribution in [0.5, 0.6) is 5.88 Å². The lowest BCUT2D eigenvalue weighted by Gasteiger charge is -2.07. The van der Waals surface area contributed by atoms with Crippen LogP contribution in [0.4, 0.5) is 0 Å². The third-order valence-corrected chi connectivity index (χ3v) is 4.92. The maximum atomic E-state index is 12.2. The number of nitrogens with zero attached hydrogens (tertiary/aromatic N) is 4. The number of aromatic nitrogens is 2. The smallest absolute Gasteiger partial charge is 0.333 e. The van der Waals surface area contributed by atoms with Gasteiger partial charge in [-0.15, -0.1) is 0 Å². The van der Waals surface area contributed by atoms with E-state index in [1.807, 2.05) is 48.5 Å². The number of hydrogen-bond acceptors (Lipinski definition) is 5. The van der Waals surface area contributed by atoms with Crippen molar-refractivity contribution in [3.05, 3.63) is 86.6 Å². The molecule has 0 spiro atoms. The monoisotopic (exact) mass is 386 g/mol. The van der Waals surface area contributed by atoms with E-state index in [1.54, 1.807) is 6.21 Å². The Labute approximate surface area is 165 Å². The summed E-state index contributed by atoms with van der Waals surface area (Å²) >= 11 is 0. The van der Waals surface area contributed by atoms with E-state index in [2.05, 4.69) is 16.3 Å². The summed E-state index contributed by atoms with van der Waals surface area (Å²) in [5, 5.41) is 22.4. The Bertz CT molecular complexity index is 1370. The molecule has 1 N–H and O–H groups in total. The zero-order valence-electron chi connectivity index (χ0n) is 15.9. The van der Waals surface area contributed by atoms with E-state index in [-0.39, 0.29) is 5.56 Å². The molecule has 144 valence electrons. The van der Waals surface area contributed by atoms with Gasteiger partial charge in [-0.25, -0.2) is 4.79 Å². The number of rotatable bonds is 3. The van der Waals surface area contributed by atoms with Crippen LogP contribution in [0.2, 0.25) is 0 Å². The predicted molar refractivity (Wildman–Crippen MR) is 115 cm³/mol. The number of benzene rings is 3. The molecular formula is C22H18N4O3. The molecule has 0 aliphatic heterocycles. The quantitative estimate of drug-likeness (QED) is 0.333. The number of fused-ring (bicyclic) bond motifs is 2. The molecule has 7 nitrogen and oxygen atoms in total. The summed E-state index contributed by atoms with van der Waals surface area (Å²) in [4.78, 5) is 24.0. The van der Waals surface area contributed by atoms with Gasteiger partial charge >= 0.3 is 5.69 Å². The van der Waals surface area contributed by atoms with Gasteiger partial charge < -0.3 is 5.11 Å². The molecule has 7 heteroatoms. The Hall–Kier alpha value is -4.00. The molecule has 0 radical (unpaired) electrons. The maximum absolute atomic E-state index is 12.2. The molecule has 0 fully saturated rings. The highest BCUT2D eigenvalue weighted by atomic mass is 16.3. The first-order valence-corrected chi connectivity index (χ1v) is 8.95. The minimum Gasteiger partial charge on any atom is -0.494 e. The first-order chi connectivity index (χ1) is 14.0. The number of hydrogen-bond donors (Lipinski definition) is 1. The summed E-state index contributed by atoms with van der Waals surface area (Å²) in [5.41, 5.74) is -0.446. The highest BCUT2D eigenvalue weighted by molar-refractivity contribution is 6.13. The van der Waals surface area contributed by atoms with Gasteiger partial charge in [-0.05, 0) is 27.6 Å². The molecule has 1 heterocycles. The van der Waals surface area contributed by atoms with Crippen molar-refractivity contribution < 1.29 is 5.11 Å². The van der Waals surface area contributed by atoms with E-state index in [0.717, 1.165) is 42.5 Å². The lowest BCUT2D eigenvalue weighted by atomic mass is 9.97. The van der Waals surface area contributed by atoms with Gasteiger partial charge in [0.15, 0.2) is 0 Å². The van der Waals surface area contributed by atoms with E-state index in [9.17, 15) is 14.7 Å².